The van der Waals surface area contributed by atoms with Gasteiger partial charge in [-0.2, -0.15) is 0 Å². The number of rotatable bonds is 5. The Morgan fingerprint density at radius 3 is 2.57 bits per heavy atom. The molecule has 0 aliphatic heterocycles. The first-order valence-electron chi connectivity index (χ1n) is 7.36. The summed E-state index contributed by atoms with van der Waals surface area (Å²) in [4.78, 5) is 23.5. The molecule has 0 aromatic heterocycles. The molecule has 0 saturated carbocycles. The van der Waals surface area contributed by atoms with Gasteiger partial charge in [0.05, 0.1) is 11.8 Å². The molecule has 1 amide bonds. The van der Waals surface area contributed by atoms with E-state index in [0.29, 0.717) is 6.42 Å². The highest BCUT2D eigenvalue weighted by Gasteiger charge is 2.32. The molecule has 4 heteroatoms. The van der Waals surface area contributed by atoms with E-state index in [1.54, 1.807) is 0 Å². The molecule has 0 fully saturated rings. The van der Waals surface area contributed by atoms with Crippen LogP contribution in [-0.4, -0.2) is 23.5 Å². The van der Waals surface area contributed by atoms with Crippen LogP contribution in [0.4, 0.5) is 0 Å². The van der Waals surface area contributed by atoms with Crippen molar-refractivity contribution >= 4 is 11.9 Å². The summed E-state index contributed by atoms with van der Waals surface area (Å²) in [5, 5.41) is 12.1. The molecular weight excluding hydrogens is 266 g/mol. The third-order valence-electron chi connectivity index (χ3n) is 3.90. The molecular formula is C17H23NO3. The highest BCUT2D eigenvalue weighted by atomic mass is 16.4. The van der Waals surface area contributed by atoms with Gasteiger partial charge in [0.1, 0.15) is 0 Å². The summed E-state index contributed by atoms with van der Waals surface area (Å²) in [7, 11) is 0. The first kappa shape index (κ1) is 15.5. The molecule has 114 valence electrons. The van der Waals surface area contributed by atoms with Crippen LogP contribution in [0.5, 0.6) is 0 Å². The summed E-state index contributed by atoms with van der Waals surface area (Å²) in [5.74, 6) is -1.57. The number of aliphatic carboxylic acids is 1. The monoisotopic (exact) mass is 289 g/mol. The van der Waals surface area contributed by atoms with E-state index in [9.17, 15) is 14.7 Å². The Morgan fingerprint density at radius 1 is 1.33 bits per heavy atom. The Balaban J connectivity index is 1.90. The molecule has 1 aromatic carbocycles. The largest absolute Gasteiger partial charge is 0.481 e. The molecule has 21 heavy (non-hydrogen) atoms. The number of benzene rings is 1. The molecule has 0 saturated heterocycles. The number of nitrogens with one attached hydrogen (secondary N) is 1. The minimum absolute atomic E-state index is 0.0612. The Hall–Kier alpha value is -1.84. The third-order valence-corrected chi connectivity index (χ3v) is 3.90. The van der Waals surface area contributed by atoms with Crippen molar-refractivity contribution < 1.29 is 14.7 Å². The zero-order chi connectivity index (χ0) is 15.6. The normalized spacial score (nSPS) is 18.3. The molecule has 2 atom stereocenters. The molecule has 0 heterocycles. The number of carbonyl (C=O) groups excluding carboxylic acids is 1. The third kappa shape index (κ3) is 3.84. The van der Waals surface area contributed by atoms with Crippen molar-refractivity contribution in [2.45, 2.75) is 39.5 Å². The number of carboxylic acid groups (broad SMARTS) is 1. The van der Waals surface area contributed by atoms with Crippen LogP contribution in [0.15, 0.2) is 24.3 Å². The Morgan fingerprint density at radius 2 is 2.00 bits per heavy atom. The van der Waals surface area contributed by atoms with E-state index in [1.807, 2.05) is 45.0 Å². The maximum atomic E-state index is 12.2. The second-order valence-corrected chi connectivity index (χ2v) is 7.00. The second kappa shape index (κ2) is 5.88. The van der Waals surface area contributed by atoms with Crippen LogP contribution >= 0.6 is 0 Å². The van der Waals surface area contributed by atoms with Gasteiger partial charge in [0.15, 0.2) is 0 Å². The van der Waals surface area contributed by atoms with Crippen molar-refractivity contribution in [2.75, 3.05) is 6.54 Å². The fourth-order valence-electron chi connectivity index (χ4n) is 2.83. The number of fused-ring (bicyclic) bond motifs is 1. The van der Waals surface area contributed by atoms with Gasteiger partial charge in [-0.15, -0.1) is 0 Å². The summed E-state index contributed by atoms with van der Waals surface area (Å²) < 4.78 is 0. The Kier molecular flexibility index (Phi) is 4.35. The van der Waals surface area contributed by atoms with Gasteiger partial charge in [0.25, 0.3) is 0 Å². The lowest BCUT2D eigenvalue weighted by Gasteiger charge is -2.30. The lowest BCUT2D eigenvalue weighted by molar-refractivity contribution is -0.142. The van der Waals surface area contributed by atoms with Gasteiger partial charge in [-0.3, -0.25) is 9.59 Å². The molecule has 0 bridgehead atoms. The standard InChI is InChI=1S/C17H23NO3/c1-17(2,3)9-12(16(20)21)10-18-15(19)14-8-11-6-4-5-7-13(11)14/h4-7,12,14H,8-10H2,1-3H3,(H,18,19)(H,20,21). The van der Waals surface area contributed by atoms with Crippen molar-refractivity contribution in [1.82, 2.24) is 5.32 Å². The van der Waals surface area contributed by atoms with Gasteiger partial charge in [0.2, 0.25) is 5.91 Å². The fourth-order valence-corrected chi connectivity index (χ4v) is 2.83. The van der Waals surface area contributed by atoms with Crippen LogP contribution in [0.25, 0.3) is 0 Å². The van der Waals surface area contributed by atoms with E-state index in [-0.39, 0.29) is 23.8 Å². The van der Waals surface area contributed by atoms with Gasteiger partial charge in [-0.05, 0) is 29.4 Å². The average Bonchev–Trinajstić information content (AvgIpc) is 2.34. The molecule has 2 N–H and O–H groups in total. The predicted molar refractivity (Wildman–Crippen MR) is 81.1 cm³/mol. The molecule has 1 aliphatic carbocycles. The molecule has 0 spiro atoms. The molecule has 2 unspecified atom stereocenters. The topological polar surface area (TPSA) is 66.4 Å². The van der Waals surface area contributed by atoms with E-state index >= 15 is 0 Å². The maximum Gasteiger partial charge on any atom is 0.308 e. The van der Waals surface area contributed by atoms with Crippen molar-refractivity contribution in [3.63, 3.8) is 0 Å². The molecule has 4 nitrogen and oxygen atoms in total. The van der Waals surface area contributed by atoms with E-state index in [0.717, 1.165) is 12.0 Å². The van der Waals surface area contributed by atoms with Crippen LogP contribution in [0.3, 0.4) is 0 Å². The van der Waals surface area contributed by atoms with E-state index < -0.39 is 11.9 Å². The predicted octanol–water partition coefficient (Wildman–Crippen LogP) is 2.58. The van der Waals surface area contributed by atoms with Gasteiger partial charge in [0, 0.05) is 6.54 Å². The summed E-state index contributed by atoms with van der Waals surface area (Å²) in [6.45, 7) is 6.22. The van der Waals surface area contributed by atoms with Crippen LogP contribution in [0.2, 0.25) is 0 Å². The Bertz CT molecular complexity index is 545. The molecule has 0 radical (unpaired) electrons. The summed E-state index contributed by atoms with van der Waals surface area (Å²) in [6.07, 6.45) is 1.29. The van der Waals surface area contributed by atoms with Crippen LogP contribution in [-0.2, 0) is 16.0 Å². The molecule has 1 aliphatic rings. The van der Waals surface area contributed by atoms with Crippen molar-refractivity contribution in [3.05, 3.63) is 35.4 Å². The minimum Gasteiger partial charge on any atom is -0.481 e. The number of amides is 1. The first-order chi connectivity index (χ1) is 9.78. The summed E-state index contributed by atoms with van der Waals surface area (Å²) in [5.41, 5.74) is 2.21. The SMILES string of the molecule is CC(C)(C)CC(CNC(=O)C1Cc2ccccc21)C(=O)O. The average molecular weight is 289 g/mol. The Labute approximate surface area is 125 Å². The van der Waals surface area contributed by atoms with Crippen molar-refractivity contribution in [3.8, 4) is 0 Å². The van der Waals surface area contributed by atoms with Gasteiger partial charge >= 0.3 is 5.97 Å². The van der Waals surface area contributed by atoms with Crippen molar-refractivity contribution in [2.24, 2.45) is 11.3 Å². The molecule has 1 aromatic rings. The second-order valence-electron chi connectivity index (χ2n) is 7.00. The van der Waals surface area contributed by atoms with Crippen LogP contribution in [0.1, 0.15) is 44.2 Å². The smallest absolute Gasteiger partial charge is 0.308 e. The maximum absolute atomic E-state index is 12.2. The first-order valence-corrected chi connectivity index (χ1v) is 7.36. The molecule has 2 rings (SSSR count). The van der Waals surface area contributed by atoms with Gasteiger partial charge in [-0.1, -0.05) is 45.0 Å². The van der Waals surface area contributed by atoms with Crippen LogP contribution in [0, 0.1) is 11.3 Å². The number of carboxylic acids is 1. The fraction of sp³-hybridized carbons (Fsp3) is 0.529. The van der Waals surface area contributed by atoms with Gasteiger partial charge < -0.3 is 10.4 Å². The number of carbonyl (C=O) groups is 2. The minimum atomic E-state index is -0.848. The van der Waals surface area contributed by atoms with E-state index in [2.05, 4.69) is 5.32 Å². The summed E-state index contributed by atoms with van der Waals surface area (Å²) in [6, 6.07) is 7.89. The highest BCUT2D eigenvalue weighted by molar-refractivity contribution is 5.87. The van der Waals surface area contributed by atoms with Gasteiger partial charge in [-0.25, -0.2) is 0 Å². The van der Waals surface area contributed by atoms with E-state index in [4.69, 9.17) is 0 Å². The zero-order valence-electron chi connectivity index (χ0n) is 12.8. The van der Waals surface area contributed by atoms with Crippen LogP contribution < -0.4 is 5.32 Å². The summed E-state index contributed by atoms with van der Waals surface area (Å²) >= 11 is 0. The number of hydrogen-bond donors (Lipinski definition) is 2. The zero-order valence-corrected chi connectivity index (χ0v) is 12.8. The lowest BCUT2D eigenvalue weighted by Crippen LogP contribution is -2.40. The quantitative estimate of drug-likeness (QED) is 0.875. The lowest BCUT2D eigenvalue weighted by atomic mass is 9.77. The van der Waals surface area contributed by atoms with Crippen molar-refractivity contribution in [1.29, 1.82) is 0 Å². The van der Waals surface area contributed by atoms with E-state index in [1.165, 1.54) is 5.56 Å². The number of hydrogen-bond acceptors (Lipinski definition) is 2. The highest BCUT2D eigenvalue weighted by Crippen LogP contribution is 2.34.